The number of nitrogens with one attached hydrogen (secondary N) is 1. The van der Waals surface area contributed by atoms with Crippen molar-refractivity contribution in [1.29, 1.82) is 0 Å². The van der Waals surface area contributed by atoms with E-state index in [0.717, 1.165) is 43.5 Å². The van der Waals surface area contributed by atoms with Crippen LogP contribution in [0.4, 0.5) is 5.69 Å². The molecule has 0 aromatic heterocycles. The fourth-order valence-corrected chi connectivity index (χ4v) is 3.49. The predicted molar refractivity (Wildman–Crippen MR) is 94.6 cm³/mol. The number of aliphatic hydroxyl groups excluding tert-OH is 1. The van der Waals surface area contributed by atoms with E-state index in [9.17, 15) is 9.90 Å². The number of hydrogen-bond acceptors (Lipinski definition) is 3. The molecule has 0 saturated heterocycles. The number of para-hydroxylation sites is 1. The van der Waals surface area contributed by atoms with E-state index < -0.39 is 0 Å². The largest absolute Gasteiger partial charge is 0.393 e. The van der Waals surface area contributed by atoms with E-state index in [1.165, 1.54) is 12.0 Å². The number of anilines is 1. The number of carbonyl (C=O) groups is 1. The second-order valence-electron chi connectivity index (χ2n) is 6.82. The molecule has 23 heavy (non-hydrogen) atoms. The molecule has 0 bridgehead atoms. The molecule has 4 nitrogen and oxygen atoms in total. The number of aryl methyl sites for hydroxylation is 2. The second-order valence-corrected chi connectivity index (χ2v) is 6.82. The van der Waals surface area contributed by atoms with Gasteiger partial charge in [-0.3, -0.25) is 9.69 Å². The van der Waals surface area contributed by atoms with Gasteiger partial charge in [-0.05, 0) is 50.3 Å². The molecule has 1 aliphatic carbocycles. The summed E-state index contributed by atoms with van der Waals surface area (Å²) in [4.78, 5) is 14.4. The van der Waals surface area contributed by atoms with Gasteiger partial charge in [-0.1, -0.05) is 38.0 Å². The Labute approximate surface area is 139 Å². The van der Waals surface area contributed by atoms with Crippen molar-refractivity contribution in [2.24, 2.45) is 5.92 Å². The van der Waals surface area contributed by atoms with Gasteiger partial charge in [0.1, 0.15) is 0 Å². The Morgan fingerprint density at radius 1 is 1.35 bits per heavy atom. The average Bonchev–Trinajstić information content (AvgIpc) is 2.51. The highest BCUT2D eigenvalue weighted by Gasteiger charge is 2.24. The van der Waals surface area contributed by atoms with Gasteiger partial charge in [0.05, 0.1) is 12.6 Å². The third kappa shape index (κ3) is 5.05. The molecule has 1 amide bonds. The first-order valence-electron chi connectivity index (χ1n) is 8.76. The topological polar surface area (TPSA) is 52.6 Å². The first kappa shape index (κ1) is 18.0. The van der Waals surface area contributed by atoms with Gasteiger partial charge in [0.25, 0.3) is 0 Å². The average molecular weight is 318 g/mol. The van der Waals surface area contributed by atoms with Crippen molar-refractivity contribution >= 4 is 11.6 Å². The first-order chi connectivity index (χ1) is 11.0. The fourth-order valence-electron chi connectivity index (χ4n) is 3.49. The SMILES string of the molecule is CCc1cccc(C)c1NC(=O)CN(C)CC1CCCCC1O. The van der Waals surface area contributed by atoms with Crippen LogP contribution in [-0.4, -0.2) is 42.2 Å². The van der Waals surface area contributed by atoms with Gasteiger partial charge < -0.3 is 10.4 Å². The number of amides is 1. The summed E-state index contributed by atoms with van der Waals surface area (Å²) in [6.07, 6.45) is 4.96. The number of rotatable bonds is 6. The molecule has 2 N–H and O–H groups in total. The minimum atomic E-state index is -0.211. The van der Waals surface area contributed by atoms with Gasteiger partial charge in [0.2, 0.25) is 5.91 Å². The number of carbonyl (C=O) groups excluding carboxylic acids is 1. The van der Waals surface area contributed by atoms with Gasteiger partial charge in [0, 0.05) is 12.2 Å². The van der Waals surface area contributed by atoms with Crippen molar-refractivity contribution < 1.29 is 9.90 Å². The van der Waals surface area contributed by atoms with Crippen molar-refractivity contribution in [3.05, 3.63) is 29.3 Å². The van der Waals surface area contributed by atoms with Crippen LogP contribution >= 0.6 is 0 Å². The molecule has 1 saturated carbocycles. The van der Waals surface area contributed by atoms with E-state index in [1.54, 1.807) is 0 Å². The van der Waals surface area contributed by atoms with Crippen LogP contribution in [0.15, 0.2) is 18.2 Å². The summed E-state index contributed by atoms with van der Waals surface area (Å²) < 4.78 is 0. The Bertz CT molecular complexity index is 530. The summed E-state index contributed by atoms with van der Waals surface area (Å²) in [5.74, 6) is 0.313. The molecule has 4 heteroatoms. The third-order valence-electron chi connectivity index (χ3n) is 4.83. The summed E-state index contributed by atoms with van der Waals surface area (Å²) in [7, 11) is 1.96. The molecule has 128 valence electrons. The van der Waals surface area contributed by atoms with Crippen molar-refractivity contribution in [2.75, 3.05) is 25.5 Å². The number of aliphatic hydroxyl groups is 1. The van der Waals surface area contributed by atoms with E-state index in [4.69, 9.17) is 0 Å². The maximum Gasteiger partial charge on any atom is 0.238 e. The maximum absolute atomic E-state index is 12.4. The lowest BCUT2D eigenvalue weighted by molar-refractivity contribution is -0.117. The number of hydrogen-bond donors (Lipinski definition) is 2. The monoisotopic (exact) mass is 318 g/mol. The molecule has 0 spiro atoms. The zero-order valence-corrected chi connectivity index (χ0v) is 14.6. The van der Waals surface area contributed by atoms with Gasteiger partial charge in [-0.15, -0.1) is 0 Å². The van der Waals surface area contributed by atoms with Crippen LogP contribution in [0.3, 0.4) is 0 Å². The lowest BCUT2D eigenvalue weighted by Gasteiger charge is -2.31. The highest BCUT2D eigenvalue weighted by atomic mass is 16.3. The summed E-state index contributed by atoms with van der Waals surface area (Å²) in [6.45, 7) is 5.27. The lowest BCUT2D eigenvalue weighted by atomic mass is 9.86. The standard InChI is InChI=1S/C19H30N2O2/c1-4-15-10-7-8-14(2)19(15)20-18(23)13-21(3)12-16-9-5-6-11-17(16)22/h7-8,10,16-17,22H,4-6,9,11-13H2,1-3H3,(H,20,23). The zero-order chi connectivity index (χ0) is 16.8. The van der Waals surface area contributed by atoms with E-state index in [0.29, 0.717) is 12.5 Å². The van der Waals surface area contributed by atoms with Gasteiger partial charge in [-0.2, -0.15) is 0 Å². The smallest absolute Gasteiger partial charge is 0.238 e. The molecule has 2 unspecified atom stereocenters. The molecule has 0 aliphatic heterocycles. The van der Waals surface area contributed by atoms with Crippen LogP contribution in [0.1, 0.15) is 43.7 Å². The molecular weight excluding hydrogens is 288 g/mol. The Hall–Kier alpha value is -1.39. The summed E-state index contributed by atoms with van der Waals surface area (Å²) >= 11 is 0. The highest BCUT2D eigenvalue weighted by Crippen LogP contribution is 2.25. The van der Waals surface area contributed by atoms with Crippen LogP contribution in [0.25, 0.3) is 0 Å². The molecule has 1 fully saturated rings. The van der Waals surface area contributed by atoms with Crippen molar-refractivity contribution in [1.82, 2.24) is 4.90 Å². The minimum absolute atomic E-state index is 0.0156. The molecule has 1 aromatic carbocycles. The normalized spacial score (nSPS) is 21.4. The van der Waals surface area contributed by atoms with Gasteiger partial charge in [0.15, 0.2) is 0 Å². The Morgan fingerprint density at radius 2 is 2.09 bits per heavy atom. The van der Waals surface area contributed by atoms with Crippen LogP contribution in [0.2, 0.25) is 0 Å². The zero-order valence-electron chi connectivity index (χ0n) is 14.6. The van der Waals surface area contributed by atoms with E-state index in [-0.39, 0.29) is 12.0 Å². The molecule has 0 heterocycles. The van der Waals surface area contributed by atoms with Crippen LogP contribution in [0, 0.1) is 12.8 Å². The van der Waals surface area contributed by atoms with Crippen LogP contribution in [-0.2, 0) is 11.2 Å². The van der Waals surface area contributed by atoms with Crippen LogP contribution < -0.4 is 5.32 Å². The number of benzene rings is 1. The van der Waals surface area contributed by atoms with E-state index >= 15 is 0 Å². The fraction of sp³-hybridized carbons (Fsp3) is 0.632. The van der Waals surface area contributed by atoms with Crippen molar-refractivity contribution in [2.45, 2.75) is 52.1 Å². The molecule has 1 aromatic rings. The molecule has 0 radical (unpaired) electrons. The van der Waals surface area contributed by atoms with Crippen molar-refractivity contribution in [3.63, 3.8) is 0 Å². The third-order valence-corrected chi connectivity index (χ3v) is 4.83. The maximum atomic E-state index is 12.4. The highest BCUT2D eigenvalue weighted by molar-refractivity contribution is 5.93. The Balaban J connectivity index is 1.89. The quantitative estimate of drug-likeness (QED) is 0.848. The Kier molecular flexibility index (Phi) is 6.60. The second kappa shape index (κ2) is 8.46. The summed E-state index contributed by atoms with van der Waals surface area (Å²) in [5.41, 5.74) is 3.22. The first-order valence-corrected chi connectivity index (χ1v) is 8.76. The van der Waals surface area contributed by atoms with E-state index in [1.807, 2.05) is 31.0 Å². The molecule has 1 aliphatic rings. The molecular formula is C19H30N2O2. The predicted octanol–water partition coefficient (Wildman–Crippen LogP) is 2.98. The Morgan fingerprint density at radius 3 is 2.78 bits per heavy atom. The van der Waals surface area contributed by atoms with Gasteiger partial charge >= 0.3 is 0 Å². The minimum Gasteiger partial charge on any atom is -0.393 e. The lowest BCUT2D eigenvalue weighted by Crippen LogP contribution is -2.38. The number of likely N-dealkylation sites (N-methyl/N-ethyl adjacent to an activating group) is 1. The van der Waals surface area contributed by atoms with Crippen LogP contribution in [0.5, 0.6) is 0 Å². The molecule has 2 atom stereocenters. The van der Waals surface area contributed by atoms with Crippen molar-refractivity contribution in [3.8, 4) is 0 Å². The summed E-state index contributed by atoms with van der Waals surface area (Å²) in [5, 5.41) is 13.1. The van der Waals surface area contributed by atoms with Gasteiger partial charge in [-0.25, -0.2) is 0 Å². The molecule has 2 rings (SSSR count). The number of nitrogens with zero attached hydrogens (tertiary/aromatic N) is 1. The summed E-state index contributed by atoms with van der Waals surface area (Å²) in [6, 6.07) is 6.11. The van der Waals surface area contributed by atoms with E-state index in [2.05, 4.69) is 18.3 Å².